The van der Waals surface area contributed by atoms with Gasteiger partial charge in [0.25, 0.3) is 0 Å². The number of hydrogen-bond acceptors (Lipinski definition) is 1. The molecule has 0 fully saturated rings. The molecule has 0 bridgehead atoms. The molecule has 0 spiro atoms. The van der Waals surface area contributed by atoms with Gasteiger partial charge in [-0.15, -0.1) is 11.6 Å². The van der Waals surface area contributed by atoms with Gasteiger partial charge in [-0.1, -0.05) is 30.3 Å². The molecule has 1 aromatic carbocycles. The van der Waals surface area contributed by atoms with Crippen LogP contribution >= 0.6 is 11.6 Å². The number of carbonyl (C=O) groups excluding carboxylic acids is 1. The van der Waals surface area contributed by atoms with E-state index in [1.165, 1.54) is 0 Å². The average molecular weight is 238 g/mol. The van der Waals surface area contributed by atoms with Crippen LogP contribution in [0.5, 0.6) is 0 Å². The molecule has 0 heterocycles. The molecule has 0 aliphatic carbocycles. The van der Waals surface area contributed by atoms with Crippen LogP contribution in [0.25, 0.3) is 0 Å². The minimum atomic E-state index is -0.00106. The first-order valence-electron chi connectivity index (χ1n) is 4.19. The van der Waals surface area contributed by atoms with Gasteiger partial charge in [0.2, 0.25) is 5.91 Å². The number of amides is 1. The summed E-state index contributed by atoms with van der Waals surface area (Å²) in [6.07, 6.45) is 0.383. The first-order valence-corrected chi connectivity index (χ1v) is 4.73. The maximum absolute atomic E-state index is 11.0. The Hall–Kier alpha value is 0.616. The van der Waals surface area contributed by atoms with Crippen molar-refractivity contribution in [1.29, 1.82) is 0 Å². The van der Waals surface area contributed by atoms with Crippen LogP contribution in [-0.2, 0) is 11.3 Å². The summed E-state index contributed by atoms with van der Waals surface area (Å²) in [6, 6.07) is 9.79. The van der Waals surface area contributed by atoms with Crippen LogP contribution in [0, 0.1) is 0 Å². The number of rotatable bonds is 4. The molecule has 1 N–H and O–H groups in total. The normalized spacial score (nSPS) is 8.93. The van der Waals surface area contributed by atoms with Crippen molar-refractivity contribution in [1.82, 2.24) is 5.32 Å². The van der Waals surface area contributed by atoms with Gasteiger partial charge in [0.05, 0.1) is 0 Å². The van der Waals surface area contributed by atoms with Crippen LogP contribution in [0.4, 0.5) is 0 Å². The average Bonchev–Trinajstić information content (AvgIpc) is 2.17. The fraction of sp³-hybridized carbons (Fsp3) is 0.300. The van der Waals surface area contributed by atoms with Crippen molar-refractivity contribution in [2.45, 2.75) is 13.0 Å². The summed E-state index contributed by atoms with van der Waals surface area (Å²) in [5.74, 6) is 0.375. The molecule has 0 saturated heterocycles. The fourth-order valence-electron chi connectivity index (χ4n) is 0.971. The van der Waals surface area contributed by atoms with Crippen molar-refractivity contribution in [3.63, 3.8) is 0 Å². The third-order valence-corrected chi connectivity index (χ3v) is 1.84. The van der Waals surface area contributed by atoms with Gasteiger partial charge in [0, 0.05) is 18.8 Å². The van der Waals surface area contributed by atoms with E-state index in [-0.39, 0.29) is 57.3 Å². The van der Waals surface area contributed by atoms with Gasteiger partial charge in [0.1, 0.15) is 0 Å². The summed E-state index contributed by atoms with van der Waals surface area (Å²) in [4.78, 5) is 11.0. The van der Waals surface area contributed by atoms with Gasteiger partial charge in [0.15, 0.2) is 0 Å². The first-order chi connectivity index (χ1) is 6.33. The zero-order valence-electron chi connectivity index (χ0n) is 7.29. The topological polar surface area (TPSA) is 29.1 Å². The van der Waals surface area contributed by atoms with E-state index in [4.69, 9.17) is 11.6 Å². The molecule has 0 saturated carbocycles. The van der Waals surface area contributed by atoms with Gasteiger partial charge in [-0.3, -0.25) is 4.79 Å². The Labute approximate surface area is 132 Å². The van der Waals surface area contributed by atoms with Crippen LogP contribution in [0.1, 0.15) is 12.0 Å². The molecule has 0 aromatic heterocycles. The third kappa shape index (κ3) is 6.17. The summed E-state index contributed by atoms with van der Waals surface area (Å²) in [5.41, 5.74) is 1.10. The Morgan fingerprint density at radius 3 is 2.50 bits per heavy atom. The Kier molecular flexibility index (Phi) is 9.28. The predicted octanol–water partition coefficient (Wildman–Crippen LogP) is 1.28. The maximum atomic E-state index is 11.0. The summed E-state index contributed by atoms with van der Waals surface area (Å²) < 4.78 is 0. The summed E-state index contributed by atoms with van der Waals surface area (Å²) >= 11 is 5.42. The number of benzene rings is 1. The van der Waals surface area contributed by atoms with Crippen LogP contribution in [0.2, 0.25) is 0 Å². The second-order valence-electron chi connectivity index (χ2n) is 2.70. The second-order valence-corrected chi connectivity index (χ2v) is 3.08. The molecular weight excluding hydrogens is 225 g/mol. The number of carbonyl (C=O) groups is 1. The van der Waals surface area contributed by atoms with Crippen LogP contribution in [0.3, 0.4) is 0 Å². The predicted molar refractivity (Wildman–Crippen MR) is 60.8 cm³/mol. The van der Waals surface area contributed by atoms with Crippen LogP contribution in [0.15, 0.2) is 30.3 Å². The molecule has 0 radical (unpaired) electrons. The molecule has 72 valence electrons. The van der Waals surface area contributed by atoms with Crippen molar-refractivity contribution in [2.75, 3.05) is 5.88 Å². The molecule has 1 amide bonds. The van der Waals surface area contributed by atoms with E-state index in [0.29, 0.717) is 18.8 Å². The van der Waals surface area contributed by atoms with Crippen molar-refractivity contribution in [3.05, 3.63) is 35.9 Å². The monoisotopic (exact) mass is 237 g/mol. The zero-order valence-corrected chi connectivity index (χ0v) is 8.05. The first kappa shape index (κ1) is 14.6. The number of nitrogens with one attached hydrogen (secondary N) is 1. The van der Waals surface area contributed by atoms with Crippen LogP contribution in [-0.4, -0.2) is 63.2 Å². The Morgan fingerprint density at radius 1 is 1.29 bits per heavy atom. The SMILES string of the molecule is O=C(CCCl)NCc1ccccc1.[KH]. The molecule has 0 atom stereocenters. The van der Waals surface area contributed by atoms with Crippen molar-refractivity contribution >= 4 is 68.9 Å². The van der Waals surface area contributed by atoms with E-state index in [2.05, 4.69) is 5.32 Å². The van der Waals surface area contributed by atoms with Crippen molar-refractivity contribution in [3.8, 4) is 0 Å². The van der Waals surface area contributed by atoms with E-state index in [0.717, 1.165) is 5.56 Å². The van der Waals surface area contributed by atoms with Gasteiger partial charge < -0.3 is 5.32 Å². The van der Waals surface area contributed by atoms with Gasteiger partial charge in [-0.2, -0.15) is 0 Å². The number of halogens is 1. The molecule has 2 nitrogen and oxygen atoms in total. The quantitative estimate of drug-likeness (QED) is 0.621. The summed E-state index contributed by atoms with van der Waals surface area (Å²) in [5, 5.41) is 2.78. The molecule has 1 rings (SSSR count). The van der Waals surface area contributed by atoms with Crippen LogP contribution < -0.4 is 5.32 Å². The van der Waals surface area contributed by atoms with Gasteiger partial charge in [-0.25, -0.2) is 0 Å². The minimum absolute atomic E-state index is 0. The van der Waals surface area contributed by atoms with Crippen molar-refractivity contribution in [2.24, 2.45) is 0 Å². The molecule has 14 heavy (non-hydrogen) atoms. The number of hydrogen-bond donors (Lipinski definition) is 1. The standard InChI is InChI=1S/C10H12ClNO.K.H/c11-7-6-10(13)12-8-9-4-2-1-3-5-9;;/h1-5H,6-8H2,(H,12,13);;. The summed E-state index contributed by atoms with van der Waals surface area (Å²) in [6.45, 7) is 0.580. The molecule has 1 aromatic rings. The fourth-order valence-corrected chi connectivity index (χ4v) is 1.14. The van der Waals surface area contributed by atoms with E-state index in [1.807, 2.05) is 30.3 Å². The summed E-state index contributed by atoms with van der Waals surface area (Å²) in [7, 11) is 0. The molecular formula is C10H13ClKNO. The van der Waals surface area contributed by atoms with Gasteiger partial charge >= 0.3 is 51.4 Å². The number of alkyl halides is 1. The Bertz CT molecular complexity index is 266. The Morgan fingerprint density at radius 2 is 1.93 bits per heavy atom. The third-order valence-electron chi connectivity index (χ3n) is 1.65. The molecule has 0 aliphatic rings. The van der Waals surface area contributed by atoms with E-state index in [1.54, 1.807) is 0 Å². The Balaban J connectivity index is 0.00000169. The van der Waals surface area contributed by atoms with E-state index in [9.17, 15) is 4.79 Å². The van der Waals surface area contributed by atoms with Gasteiger partial charge in [-0.05, 0) is 5.56 Å². The molecule has 0 aliphatic heterocycles. The zero-order chi connectivity index (χ0) is 9.52. The second kappa shape index (κ2) is 8.89. The molecule has 4 heteroatoms. The van der Waals surface area contributed by atoms with E-state index < -0.39 is 0 Å². The van der Waals surface area contributed by atoms with Crippen molar-refractivity contribution < 1.29 is 4.79 Å². The molecule has 0 unspecified atom stereocenters. The van der Waals surface area contributed by atoms with E-state index >= 15 is 0 Å².